The van der Waals surface area contributed by atoms with Crippen molar-refractivity contribution in [3.05, 3.63) is 0 Å². The van der Waals surface area contributed by atoms with Crippen molar-refractivity contribution < 1.29 is 63.9 Å². The molecule has 0 spiro atoms. The lowest BCUT2D eigenvalue weighted by Crippen LogP contribution is -2.67. The molecule has 18 N–H and O–H groups in total. The SMILES string of the molecule is NC[C@@H]1O[C@H](O[C@H]2[C@@H](O)[C@H](O[C@@H]3[C@@H](O)[C@H](N)C[C@H](N)[C@H]3O[C@H]3O[C@H](CN)C(=O)[C@H](O)[C@H]3N)O[C@@H]2CO)[C@H](N)[C@@H](O)[C@@H]1O. The first-order chi connectivity index (χ1) is 19.8. The van der Waals surface area contributed by atoms with E-state index in [4.69, 9.17) is 62.8 Å². The van der Waals surface area contributed by atoms with E-state index in [1.807, 2.05) is 0 Å². The summed E-state index contributed by atoms with van der Waals surface area (Å²) in [7, 11) is 0. The van der Waals surface area contributed by atoms with E-state index in [0.717, 1.165) is 0 Å². The second-order valence-electron chi connectivity index (χ2n) is 11.1. The molecule has 18 atom stereocenters. The molecule has 0 aromatic heterocycles. The Balaban J connectivity index is 1.50. The van der Waals surface area contributed by atoms with Crippen LogP contribution in [0.2, 0.25) is 0 Å². The molecular weight excluding hydrogens is 568 g/mol. The van der Waals surface area contributed by atoms with E-state index >= 15 is 0 Å². The molecule has 0 aromatic carbocycles. The lowest BCUT2D eigenvalue weighted by Gasteiger charge is -2.46. The van der Waals surface area contributed by atoms with Crippen molar-refractivity contribution in [2.24, 2.45) is 34.4 Å². The van der Waals surface area contributed by atoms with Gasteiger partial charge in [-0.05, 0) is 6.42 Å². The molecule has 1 saturated carbocycles. The van der Waals surface area contributed by atoms with Gasteiger partial charge in [-0.15, -0.1) is 0 Å². The smallest absolute Gasteiger partial charge is 0.193 e. The summed E-state index contributed by atoms with van der Waals surface area (Å²) in [6.07, 6.45) is -19.0. The van der Waals surface area contributed by atoms with E-state index in [9.17, 15) is 35.4 Å². The fraction of sp³-hybridized carbons (Fsp3) is 0.957. The fourth-order valence-electron chi connectivity index (χ4n) is 5.62. The van der Waals surface area contributed by atoms with E-state index in [0.29, 0.717) is 0 Å². The lowest BCUT2D eigenvalue weighted by atomic mass is 9.84. The number of ketones is 1. The molecule has 4 fully saturated rings. The van der Waals surface area contributed by atoms with Crippen LogP contribution in [-0.2, 0) is 33.2 Å². The molecule has 4 rings (SSSR count). The molecule has 0 bridgehead atoms. The van der Waals surface area contributed by atoms with Crippen molar-refractivity contribution in [3.63, 3.8) is 0 Å². The van der Waals surface area contributed by atoms with Gasteiger partial charge in [0.15, 0.2) is 24.7 Å². The lowest BCUT2D eigenvalue weighted by molar-refractivity contribution is -0.289. The third-order valence-corrected chi connectivity index (χ3v) is 8.19. The Morgan fingerprint density at radius 2 is 1.26 bits per heavy atom. The first-order valence-corrected chi connectivity index (χ1v) is 13.7. The number of rotatable bonds is 9. The standard InChI is InChI=1S/C23H44N6O13/c24-2-7-13(32)15(34)10(28)21(37-7)40-18-6(27)1-5(26)12(31)20(18)42-23-17(36)19(9(4-30)39-23)41-22-11(29)16(35)14(33)8(3-25)38-22/h5-12,14-23,30-31,33-36H,1-4,24-29H2/t5-,6+,7-,8+,9-,10-,11-,12+,14-,15-,16-,17-,18-,19-,20-,21-,22-,23+/m1/s1. The van der Waals surface area contributed by atoms with Gasteiger partial charge < -0.3 is 93.5 Å². The molecule has 0 radical (unpaired) electrons. The van der Waals surface area contributed by atoms with Gasteiger partial charge in [0.05, 0.1) is 24.8 Å². The predicted octanol–water partition coefficient (Wildman–Crippen LogP) is -8.69. The van der Waals surface area contributed by atoms with Crippen molar-refractivity contribution in [1.29, 1.82) is 0 Å². The average molecular weight is 613 g/mol. The zero-order chi connectivity index (χ0) is 31.0. The minimum absolute atomic E-state index is 0.0714. The molecule has 3 heterocycles. The first kappa shape index (κ1) is 33.8. The summed E-state index contributed by atoms with van der Waals surface area (Å²) in [6, 6.07) is -4.33. The highest BCUT2D eigenvalue weighted by Crippen LogP contribution is 2.34. The van der Waals surface area contributed by atoms with Crippen molar-refractivity contribution in [1.82, 2.24) is 0 Å². The molecule has 1 aliphatic carbocycles. The second-order valence-corrected chi connectivity index (χ2v) is 11.1. The second kappa shape index (κ2) is 13.9. The minimum Gasteiger partial charge on any atom is -0.394 e. The Morgan fingerprint density at radius 1 is 0.667 bits per heavy atom. The van der Waals surface area contributed by atoms with Gasteiger partial charge in [0, 0.05) is 25.2 Å². The highest BCUT2D eigenvalue weighted by atomic mass is 16.8. The van der Waals surface area contributed by atoms with E-state index in [1.54, 1.807) is 0 Å². The molecule has 3 saturated heterocycles. The zero-order valence-electron chi connectivity index (χ0n) is 22.7. The number of nitrogens with two attached hydrogens (primary N) is 6. The third-order valence-electron chi connectivity index (χ3n) is 8.19. The highest BCUT2D eigenvalue weighted by molar-refractivity contribution is 5.88. The van der Waals surface area contributed by atoms with Gasteiger partial charge in [0.25, 0.3) is 0 Å². The maximum absolute atomic E-state index is 12.2. The number of ether oxygens (including phenoxy) is 6. The molecule has 42 heavy (non-hydrogen) atoms. The summed E-state index contributed by atoms with van der Waals surface area (Å²) in [6.45, 7) is -1.08. The van der Waals surface area contributed by atoms with Crippen LogP contribution in [0.1, 0.15) is 6.42 Å². The van der Waals surface area contributed by atoms with E-state index in [2.05, 4.69) is 0 Å². The number of aliphatic hydroxyl groups excluding tert-OH is 6. The summed E-state index contributed by atoms with van der Waals surface area (Å²) in [5.74, 6) is -0.710. The van der Waals surface area contributed by atoms with Crippen LogP contribution in [0.25, 0.3) is 0 Å². The zero-order valence-corrected chi connectivity index (χ0v) is 22.7. The molecule has 3 aliphatic heterocycles. The van der Waals surface area contributed by atoms with Crippen LogP contribution in [0.4, 0.5) is 0 Å². The van der Waals surface area contributed by atoms with Crippen molar-refractivity contribution >= 4 is 5.78 Å². The Hall–Kier alpha value is -1.05. The van der Waals surface area contributed by atoms with Gasteiger partial charge in [-0.1, -0.05) is 0 Å². The summed E-state index contributed by atoms with van der Waals surface area (Å²) in [5, 5.41) is 62.7. The molecule has 0 unspecified atom stereocenters. The molecule has 0 aromatic rings. The van der Waals surface area contributed by atoms with Gasteiger partial charge in [0.1, 0.15) is 61.0 Å². The maximum atomic E-state index is 12.2. The molecule has 19 heteroatoms. The maximum Gasteiger partial charge on any atom is 0.193 e. The predicted molar refractivity (Wildman–Crippen MR) is 137 cm³/mol. The van der Waals surface area contributed by atoms with Crippen LogP contribution < -0.4 is 34.4 Å². The van der Waals surface area contributed by atoms with Gasteiger partial charge in [-0.3, -0.25) is 4.79 Å². The Labute approximate surface area is 240 Å². The highest BCUT2D eigenvalue weighted by Gasteiger charge is 2.54. The van der Waals surface area contributed by atoms with E-state index < -0.39 is 123 Å². The summed E-state index contributed by atoms with van der Waals surface area (Å²) >= 11 is 0. The van der Waals surface area contributed by atoms with Crippen LogP contribution in [-0.4, -0.2) is 166 Å². The van der Waals surface area contributed by atoms with Crippen LogP contribution in [0.3, 0.4) is 0 Å². The van der Waals surface area contributed by atoms with Gasteiger partial charge in [0.2, 0.25) is 0 Å². The Morgan fingerprint density at radius 3 is 1.88 bits per heavy atom. The Bertz CT molecular complexity index is 907. The van der Waals surface area contributed by atoms with E-state index in [1.165, 1.54) is 0 Å². The molecule has 244 valence electrons. The van der Waals surface area contributed by atoms with E-state index in [-0.39, 0.29) is 19.5 Å². The van der Waals surface area contributed by atoms with Crippen molar-refractivity contribution in [2.45, 2.75) is 117 Å². The average Bonchev–Trinajstić information content (AvgIpc) is 3.27. The summed E-state index contributed by atoms with van der Waals surface area (Å²) in [4.78, 5) is 12.2. The summed E-state index contributed by atoms with van der Waals surface area (Å²) in [5.41, 5.74) is 35.5. The minimum atomic E-state index is -1.64. The molecule has 4 aliphatic rings. The number of hydrogen-bond donors (Lipinski definition) is 12. The topological polar surface area (TPSA) is 350 Å². The van der Waals surface area contributed by atoms with Crippen molar-refractivity contribution in [3.8, 4) is 0 Å². The van der Waals surface area contributed by atoms with Gasteiger partial charge in [-0.2, -0.15) is 0 Å². The van der Waals surface area contributed by atoms with Crippen LogP contribution in [0.5, 0.6) is 0 Å². The van der Waals surface area contributed by atoms with Crippen LogP contribution in [0.15, 0.2) is 0 Å². The quantitative estimate of drug-likeness (QED) is 0.115. The van der Waals surface area contributed by atoms with Gasteiger partial charge in [-0.25, -0.2) is 0 Å². The number of Topliss-reactive ketones (excluding diaryl/α,β-unsaturated/α-hetero) is 1. The van der Waals surface area contributed by atoms with Crippen LogP contribution in [0, 0.1) is 0 Å². The monoisotopic (exact) mass is 612 g/mol. The number of carbonyl (C=O) groups is 1. The van der Waals surface area contributed by atoms with Gasteiger partial charge >= 0.3 is 0 Å². The summed E-state index contributed by atoms with van der Waals surface area (Å²) < 4.78 is 34.5. The molecular formula is C23H44N6O13. The third kappa shape index (κ3) is 6.49. The Kier molecular flexibility index (Phi) is 11.2. The fourth-order valence-corrected chi connectivity index (χ4v) is 5.62. The largest absolute Gasteiger partial charge is 0.394 e. The number of hydrogen-bond acceptors (Lipinski definition) is 19. The number of aliphatic hydroxyl groups is 6. The number of carbonyl (C=O) groups excluding carboxylic acids is 1. The van der Waals surface area contributed by atoms with Crippen LogP contribution >= 0.6 is 0 Å². The molecule has 0 amide bonds. The normalized spacial score (nSPS) is 52.0. The molecule has 19 nitrogen and oxygen atoms in total. The van der Waals surface area contributed by atoms with Crippen molar-refractivity contribution in [2.75, 3.05) is 19.7 Å². The first-order valence-electron chi connectivity index (χ1n) is 13.7.